The lowest BCUT2D eigenvalue weighted by Crippen LogP contribution is -2.49. The first kappa shape index (κ1) is 18.2. The summed E-state index contributed by atoms with van der Waals surface area (Å²) in [6, 6.07) is -0.908. The van der Waals surface area contributed by atoms with Crippen LogP contribution in [-0.2, 0) is 19.6 Å². The minimum atomic E-state index is -4.38. The van der Waals surface area contributed by atoms with E-state index in [4.69, 9.17) is 4.74 Å². The van der Waals surface area contributed by atoms with Gasteiger partial charge in [0.05, 0.1) is 12.4 Å². The summed E-state index contributed by atoms with van der Waals surface area (Å²) >= 11 is 0. The Labute approximate surface area is 122 Å². The summed E-state index contributed by atoms with van der Waals surface area (Å²) in [7, 11) is -3.89. The first-order valence-electron chi connectivity index (χ1n) is 6.90. The first-order valence-corrected chi connectivity index (χ1v) is 8.51. The molecule has 1 aliphatic rings. The zero-order valence-electron chi connectivity index (χ0n) is 11.9. The van der Waals surface area contributed by atoms with Crippen molar-refractivity contribution in [2.75, 3.05) is 18.9 Å². The highest BCUT2D eigenvalue weighted by atomic mass is 32.2. The van der Waals surface area contributed by atoms with E-state index < -0.39 is 46.8 Å². The van der Waals surface area contributed by atoms with Crippen LogP contribution in [0.3, 0.4) is 0 Å². The number of hydrogen-bond acceptors (Lipinski definition) is 4. The lowest BCUT2D eigenvalue weighted by atomic mass is 10.1. The zero-order chi connectivity index (χ0) is 16.1. The summed E-state index contributed by atoms with van der Waals surface area (Å²) in [6.45, 7) is 1.90. The number of nitrogens with zero attached hydrogens (tertiary/aromatic N) is 1. The third-order valence-electron chi connectivity index (χ3n) is 3.23. The predicted molar refractivity (Wildman–Crippen MR) is 70.1 cm³/mol. The molecule has 1 heterocycles. The summed E-state index contributed by atoms with van der Waals surface area (Å²) in [4.78, 5) is 11.8. The molecule has 0 bridgehead atoms. The van der Waals surface area contributed by atoms with Gasteiger partial charge in [-0.1, -0.05) is 0 Å². The number of alkyl halides is 3. The van der Waals surface area contributed by atoms with Crippen molar-refractivity contribution in [2.45, 2.75) is 51.2 Å². The lowest BCUT2D eigenvalue weighted by Gasteiger charge is -2.33. The topological polar surface area (TPSA) is 63.7 Å². The van der Waals surface area contributed by atoms with Gasteiger partial charge in [-0.15, -0.1) is 0 Å². The number of esters is 1. The smallest absolute Gasteiger partial charge is 0.389 e. The van der Waals surface area contributed by atoms with Gasteiger partial charge < -0.3 is 4.74 Å². The van der Waals surface area contributed by atoms with Crippen molar-refractivity contribution >= 4 is 16.0 Å². The number of sulfonamides is 1. The fourth-order valence-electron chi connectivity index (χ4n) is 2.28. The van der Waals surface area contributed by atoms with Crippen LogP contribution < -0.4 is 0 Å². The monoisotopic (exact) mass is 331 g/mol. The Bertz CT molecular complexity index is 450. The highest BCUT2D eigenvalue weighted by molar-refractivity contribution is 7.89. The molecule has 124 valence electrons. The number of ether oxygens (including phenoxy) is 1. The van der Waals surface area contributed by atoms with Crippen molar-refractivity contribution in [2.24, 2.45) is 0 Å². The summed E-state index contributed by atoms with van der Waals surface area (Å²) in [5, 5.41) is 0. The minimum absolute atomic E-state index is 0.136. The maximum absolute atomic E-state index is 12.1. The lowest BCUT2D eigenvalue weighted by molar-refractivity contribution is -0.148. The fraction of sp³-hybridized carbons (Fsp3) is 0.917. The van der Waals surface area contributed by atoms with Crippen LogP contribution in [-0.4, -0.2) is 49.8 Å². The molecule has 9 heteroatoms. The molecule has 0 aromatic rings. The number of halogens is 3. The van der Waals surface area contributed by atoms with Crippen molar-refractivity contribution in [1.29, 1.82) is 0 Å². The molecule has 1 unspecified atom stereocenters. The standard InChI is InChI=1S/C12H20F3NO4S/c1-2-20-11(17)10-6-3-4-8-16(10)21(18,19)9-5-7-12(13,14)15/h10H,2-9H2,1H3. The fourth-order valence-corrected chi connectivity index (χ4v) is 4.01. The molecule has 5 nitrogen and oxygen atoms in total. The Morgan fingerprint density at radius 3 is 2.57 bits per heavy atom. The van der Waals surface area contributed by atoms with Gasteiger partial charge in [0.25, 0.3) is 0 Å². The van der Waals surface area contributed by atoms with E-state index in [2.05, 4.69) is 0 Å². The van der Waals surface area contributed by atoms with Gasteiger partial charge in [-0.3, -0.25) is 4.79 Å². The van der Waals surface area contributed by atoms with Crippen molar-refractivity contribution in [3.05, 3.63) is 0 Å². The molecule has 1 rings (SSSR count). The van der Waals surface area contributed by atoms with E-state index in [1.807, 2.05) is 0 Å². The highest BCUT2D eigenvalue weighted by Crippen LogP contribution is 2.25. The van der Waals surface area contributed by atoms with Gasteiger partial charge in [-0.2, -0.15) is 17.5 Å². The number of carbonyl (C=O) groups is 1. The van der Waals surface area contributed by atoms with E-state index in [9.17, 15) is 26.4 Å². The molecule has 1 atom stereocenters. The van der Waals surface area contributed by atoms with Crippen molar-refractivity contribution < 1.29 is 31.1 Å². The molecule has 0 saturated carbocycles. The van der Waals surface area contributed by atoms with Gasteiger partial charge in [0.1, 0.15) is 6.04 Å². The Balaban J connectivity index is 2.71. The normalized spacial score (nSPS) is 21.2. The van der Waals surface area contributed by atoms with Crippen molar-refractivity contribution in [1.82, 2.24) is 4.31 Å². The Kier molecular flexibility index (Phi) is 6.45. The summed E-state index contributed by atoms with van der Waals surface area (Å²) in [6.07, 6.45) is -4.40. The van der Waals surface area contributed by atoms with Gasteiger partial charge in [0, 0.05) is 13.0 Å². The van der Waals surface area contributed by atoms with Crippen LogP contribution >= 0.6 is 0 Å². The molecule has 0 aromatic heterocycles. The number of carbonyl (C=O) groups excluding carboxylic acids is 1. The Morgan fingerprint density at radius 2 is 2.00 bits per heavy atom. The molecule has 0 aromatic carbocycles. The van der Waals surface area contributed by atoms with Gasteiger partial charge >= 0.3 is 12.1 Å². The number of piperidine rings is 1. The molecule has 0 N–H and O–H groups in total. The van der Waals surface area contributed by atoms with Crippen LogP contribution in [0.15, 0.2) is 0 Å². The number of rotatable bonds is 6. The van der Waals surface area contributed by atoms with Crippen LogP contribution in [0.2, 0.25) is 0 Å². The van der Waals surface area contributed by atoms with E-state index in [-0.39, 0.29) is 13.2 Å². The molecule has 21 heavy (non-hydrogen) atoms. The van der Waals surface area contributed by atoms with Gasteiger partial charge in [-0.25, -0.2) is 8.42 Å². The zero-order valence-corrected chi connectivity index (χ0v) is 12.7. The van der Waals surface area contributed by atoms with Crippen LogP contribution in [0.1, 0.15) is 39.0 Å². The van der Waals surface area contributed by atoms with E-state index in [0.29, 0.717) is 19.3 Å². The first-order chi connectivity index (χ1) is 9.67. The van der Waals surface area contributed by atoms with Crippen molar-refractivity contribution in [3.63, 3.8) is 0 Å². The van der Waals surface area contributed by atoms with E-state index in [0.717, 1.165) is 4.31 Å². The molecule has 0 aliphatic carbocycles. The Hall–Kier alpha value is -0.830. The van der Waals surface area contributed by atoms with Gasteiger partial charge in [0.15, 0.2) is 0 Å². The third kappa shape index (κ3) is 5.82. The van der Waals surface area contributed by atoms with E-state index >= 15 is 0 Å². The second-order valence-corrected chi connectivity index (χ2v) is 6.95. The van der Waals surface area contributed by atoms with Crippen LogP contribution in [0.25, 0.3) is 0 Å². The number of hydrogen-bond donors (Lipinski definition) is 0. The van der Waals surface area contributed by atoms with Gasteiger partial charge in [-0.05, 0) is 32.6 Å². The summed E-state index contributed by atoms with van der Waals surface area (Å²) in [5.41, 5.74) is 0. The average Bonchev–Trinajstić information content (AvgIpc) is 2.37. The third-order valence-corrected chi connectivity index (χ3v) is 5.19. The SMILES string of the molecule is CCOC(=O)C1CCCCN1S(=O)(=O)CCCC(F)(F)F. The predicted octanol–water partition coefficient (Wildman–Crippen LogP) is 2.08. The quantitative estimate of drug-likeness (QED) is 0.699. The summed E-state index contributed by atoms with van der Waals surface area (Å²) in [5.74, 6) is -1.24. The highest BCUT2D eigenvalue weighted by Gasteiger charge is 2.38. The van der Waals surface area contributed by atoms with Crippen LogP contribution in [0.4, 0.5) is 13.2 Å². The minimum Gasteiger partial charge on any atom is -0.465 e. The maximum Gasteiger partial charge on any atom is 0.389 e. The Morgan fingerprint density at radius 1 is 1.33 bits per heavy atom. The molecular formula is C12H20F3NO4S. The second kappa shape index (κ2) is 7.44. The maximum atomic E-state index is 12.1. The van der Waals surface area contributed by atoms with E-state index in [1.165, 1.54) is 0 Å². The average molecular weight is 331 g/mol. The van der Waals surface area contributed by atoms with E-state index in [1.54, 1.807) is 6.92 Å². The molecular weight excluding hydrogens is 311 g/mol. The van der Waals surface area contributed by atoms with Crippen LogP contribution in [0.5, 0.6) is 0 Å². The molecule has 1 saturated heterocycles. The molecule has 1 aliphatic heterocycles. The van der Waals surface area contributed by atoms with Crippen molar-refractivity contribution in [3.8, 4) is 0 Å². The van der Waals surface area contributed by atoms with Gasteiger partial charge in [0.2, 0.25) is 10.0 Å². The molecule has 0 amide bonds. The molecule has 1 fully saturated rings. The molecule has 0 spiro atoms. The summed E-state index contributed by atoms with van der Waals surface area (Å²) < 4.78 is 66.4. The molecule has 0 radical (unpaired) electrons. The second-order valence-electron chi connectivity index (χ2n) is 4.91. The largest absolute Gasteiger partial charge is 0.465 e. The van der Waals surface area contributed by atoms with Crippen LogP contribution in [0, 0.1) is 0 Å².